The van der Waals surface area contributed by atoms with Crippen molar-refractivity contribution < 1.29 is 23.6 Å². The highest BCUT2D eigenvalue weighted by molar-refractivity contribution is 5.84. The Morgan fingerprint density at radius 2 is 1.88 bits per heavy atom. The second-order valence-electron chi connectivity index (χ2n) is 11.1. The lowest BCUT2D eigenvalue weighted by Crippen LogP contribution is -2.44. The Hall–Kier alpha value is -4.78. The van der Waals surface area contributed by atoms with Crippen LogP contribution in [0.25, 0.3) is 11.0 Å². The molecule has 0 amide bonds. The van der Waals surface area contributed by atoms with Gasteiger partial charge in [0.15, 0.2) is 5.65 Å². The minimum atomic E-state index is -0.582. The van der Waals surface area contributed by atoms with Crippen LogP contribution in [0.15, 0.2) is 54.7 Å². The molecule has 0 spiro atoms. The third kappa shape index (κ3) is 6.41. The molecule has 4 aromatic rings. The molecule has 2 N–H and O–H groups in total. The number of hydrogen-bond donors (Lipinski definition) is 1. The first kappa shape index (κ1) is 28.7. The van der Waals surface area contributed by atoms with Gasteiger partial charge in [0, 0.05) is 44.1 Å². The molecule has 220 valence electrons. The zero-order chi connectivity index (χ0) is 30.0. The molecule has 0 aliphatic carbocycles. The molecule has 2 aromatic heterocycles. The Morgan fingerprint density at radius 1 is 1.12 bits per heavy atom. The van der Waals surface area contributed by atoms with Crippen molar-refractivity contribution in [2.45, 2.75) is 27.5 Å². The lowest BCUT2D eigenvalue weighted by molar-refractivity contribution is -0.384. The van der Waals surface area contributed by atoms with Crippen LogP contribution in [0, 0.1) is 21.3 Å². The van der Waals surface area contributed by atoms with Gasteiger partial charge in [-0.25, -0.2) is 4.39 Å². The van der Waals surface area contributed by atoms with Crippen LogP contribution in [0.4, 0.5) is 27.4 Å². The monoisotopic (exact) mass is 578 g/mol. The molecule has 0 unspecified atom stereocenters. The molecule has 0 radical (unpaired) electrons. The molecule has 0 bridgehead atoms. The Kier molecular flexibility index (Phi) is 7.94. The van der Waals surface area contributed by atoms with Gasteiger partial charge in [-0.1, -0.05) is 6.07 Å². The summed E-state index contributed by atoms with van der Waals surface area (Å²) in [5.74, 6) is -0.0659. The maximum atomic E-state index is 15.2. The van der Waals surface area contributed by atoms with Crippen LogP contribution >= 0.6 is 0 Å². The van der Waals surface area contributed by atoms with Crippen molar-refractivity contribution in [2.24, 2.45) is 5.41 Å². The molecule has 2 aromatic carbocycles. The summed E-state index contributed by atoms with van der Waals surface area (Å²) < 4.78 is 28.4. The van der Waals surface area contributed by atoms with Crippen LogP contribution in [0.2, 0.25) is 0 Å². The van der Waals surface area contributed by atoms with E-state index in [0.29, 0.717) is 22.4 Å². The number of anilines is 3. The average molecular weight is 579 g/mol. The minimum absolute atomic E-state index is 0.0480. The maximum Gasteiger partial charge on any atom is 0.489 e. The van der Waals surface area contributed by atoms with Crippen LogP contribution in [-0.2, 0) is 11.5 Å². The lowest BCUT2D eigenvalue weighted by Gasteiger charge is -2.34. The molecule has 0 atom stereocenters. The van der Waals surface area contributed by atoms with E-state index in [0.717, 1.165) is 26.2 Å². The summed E-state index contributed by atoms with van der Waals surface area (Å²) >= 11 is 0. The quantitative estimate of drug-likeness (QED) is 0.128. The smallest absolute Gasteiger partial charge is 0.438 e. The number of hydrogen-bond acceptors (Lipinski definition) is 9. The van der Waals surface area contributed by atoms with Crippen LogP contribution in [0.3, 0.4) is 0 Å². The zero-order valence-corrected chi connectivity index (χ0v) is 23.9. The highest BCUT2D eigenvalue weighted by Crippen LogP contribution is 2.32. The number of piperazine rings is 1. The van der Waals surface area contributed by atoms with E-state index in [9.17, 15) is 14.9 Å². The van der Waals surface area contributed by atoms with Crippen molar-refractivity contribution in [2.75, 3.05) is 43.4 Å². The Balaban J connectivity index is 1.47. The number of non-ortho nitro benzene ring substituents is 1. The van der Waals surface area contributed by atoms with Gasteiger partial charge in [0.05, 0.1) is 22.1 Å². The largest absolute Gasteiger partial charge is 0.489 e. The molecule has 1 aliphatic heterocycles. The summed E-state index contributed by atoms with van der Waals surface area (Å²) in [6.07, 6.45) is 1.70. The number of carbonyl (C=O) groups excluding carboxylic acids is 1. The van der Waals surface area contributed by atoms with Gasteiger partial charge >= 0.3 is 5.97 Å². The standard InChI is InChI=1S/C29H32FN7O5/c1-29(2,3)27(38)41-18-36-11-10-22-25(36)32-28(33-26(22)42-21-7-5-6-20(17-21)37(39)40)31-19-8-9-24(23(30)16-19)35-14-12-34(4)13-15-35/h5-11,16-17H,12-15,18H2,1-4H3,(H,31,32,33)/p+1. The average Bonchev–Trinajstić information content (AvgIpc) is 3.35. The Bertz CT molecular complexity index is 1630. The van der Waals surface area contributed by atoms with E-state index < -0.39 is 10.3 Å². The number of aromatic nitrogens is 3. The van der Waals surface area contributed by atoms with Crippen molar-refractivity contribution in [3.05, 3.63) is 70.7 Å². The number of rotatable bonds is 8. The Morgan fingerprint density at radius 3 is 2.57 bits per heavy atom. The highest BCUT2D eigenvalue weighted by Gasteiger charge is 2.31. The van der Waals surface area contributed by atoms with E-state index in [1.54, 1.807) is 35.0 Å². The van der Waals surface area contributed by atoms with Gasteiger partial charge in [-0.3, -0.25) is 19.4 Å². The van der Waals surface area contributed by atoms with Crippen molar-refractivity contribution in [3.8, 4) is 11.6 Å². The molecule has 13 heteroatoms. The molecule has 1 saturated heterocycles. The van der Waals surface area contributed by atoms with Crippen molar-refractivity contribution in [1.29, 1.82) is 0 Å². The van der Waals surface area contributed by atoms with E-state index >= 15 is 4.39 Å². The number of nitrogens with one attached hydrogen (secondary N) is 1. The summed E-state index contributed by atoms with van der Waals surface area (Å²) in [6.45, 7) is 8.59. The number of nitro benzene ring substituents is 1. The highest BCUT2D eigenvalue weighted by atomic mass is 19.1. The van der Waals surface area contributed by atoms with Crippen LogP contribution < -0.4 is 15.0 Å². The molecule has 5 rings (SSSR count). The van der Waals surface area contributed by atoms with Crippen molar-refractivity contribution in [3.63, 3.8) is 0 Å². The normalized spacial score (nSPS) is 14.2. The van der Waals surface area contributed by atoms with E-state index in [1.807, 2.05) is 32.7 Å². The number of halogens is 1. The molecule has 1 aliphatic rings. The number of likely N-dealkylation sites (N-methyl/N-ethyl adjacent to an activating group) is 1. The summed E-state index contributed by atoms with van der Waals surface area (Å²) in [7, 11) is 2.04. The number of nitrogens with zero attached hydrogens (tertiary/aromatic N) is 6. The fourth-order valence-corrected chi connectivity index (χ4v) is 4.41. The van der Waals surface area contributed by atoms with Crippen LogP contribution in [0.1, 0.15) is 20.8 Å². The zero-order valence-electron chi connectivity index (χ0n) is 23.9. The molecule has 1 fully saturated rings. The number of fused-ring (bicyclic) bond motifs is 1. The first-order chi connectivity index (χ1) is 20.0. The molecular formula is C29H33FN7O5+. The topological polar surface area (TPSA) is 132 Å². The molecular weight excluding hydrogens is 545 g/mol. The Labute approximate surface area is 241 Å². The summed E-state index contributed by atoms with van der Waals surface area (Å²) in [5, 5.41) is 14.8. The maximum absolute atomic E-state index is 15.2. The fourth-order valence-electron chi connectivity index (χ4n) is 4.41. The molecule has 42 heavy (non-hydrogen) atoms. The van der Waals surface area contributed by atoms with Gasteiger partial charge in [-0.2, -0.15) is 9.97 Å². The van der Waals surface area contributed by atoms with Gasteiger partial charge in [0.25, 0.3) is 12.4 Å². The fraction of sp³-hybridized carbons (Fsp3) is 0.345. The van der Waals surface area contributed by atoms with E-state index in [2.05, 4.69) is 20.2 Å². The predicted molar refractivity (Wildman–Crippen MR) is 158 cm³/mol. The van der Waals surface area contributed by atoms with Gasteiger partial charge in [0.2, 0.25) is 11.8 Å². The lowest BCUT2D eigenvalue weighted by atomic mass is 9.98. The third-order valence-corrected chi connectivity index (χ3v) is 6.86. The van der Waals surface area contributed by atoms with Crippen molar-refractivity contribution in [1.82, 2.24) is 19.4 Å². The number of nitro groups is 1. The molecule has 3 heterocycles. The van der Waals surface area contributed by atoms with Crippen LogP contribution in [-0.4, -0.2) is 68.3 Å². The molecule has 12 nitrogen and oxygen atoms in total. The summed E-state index contributed by atoms with van der Waals surface area (Å²) in [6, 6.07) is 12.3. The second-order valence-corrected chi connectivity index (χ2v) is 11.1. The second kappa shape index (κ2) is 11.6. The van der Waals surface area contributed by atoms with E-state index in [1.165, 1.54) is 24.3 Å². The minimum Gasteiger partial charge on any atom is -0.438 e. The number of ether oxygens (including phenoxy) is 2. The molecule has 0 saturated carbocycles. The van der Waals surface area contributed by atoms with Gasteiger partial charge in [0.1, 0.15) is 17.0 Å². The number of esters is 1. The van der Waals surface area contributed by atoms with Crippen molar-refractivity contribution >= 4 is 40.0 Å². The first-order valence-corrected chi connectivity index (χ1v) is 13.5. The first-order valence-electron chi connectivity index (χ1n) is 13.5. The van der Waals surface area contributed by atoms with Gasteiger partial charge < -0.3 is 24.6 Å². The van der Waals surface area contributed by atoms with Gasteiger partial charge in [-0.05, 0) is 58.2 Å². The van der Waals surface area contributed by atoms with E-state index in [-0.39, 0.29) is 41.8 Å². The van der Waals surface area contributed by atoms with Crippen LogP contribution in [0.5, 0.6) is 11.6 Å². The third-order valence-electron chi connectivity index (χ3n) is 6.86. The SMILES string of the molecule is CN1CCN(c2ccc(Nc3nc(Oc4cccc([N+](=O)[O-])c4)c4ccn(COC(=[OH+])C(C)(C)C)c4n3)cc2F)CC1. The summed E-state index contributed by atoms with van der Waals surface area (Å²) in [5.41, 5.74) is 0.650. The predicted octanol–water partition coefficient (Wildman–Crippen LogP) is 5.29. The summed E-state index contributed by atoms with van der Waals surface area (Å²) in [4.78, 5) is 34.4. The van der Waals surface area contributed by atoms with Gasteiger partial charge in [-0.15, -0.1) is 0 Å². The van der Waals surface area contributed by atoms with E-state index in [4.69, 9.17) is 9.47 Å². The number of benzene rings is 2.